The zero-order valence-corrected chi connectivity index (χ0v) is 16.4. The van der Waals surface area contributed by atoms with Crippen LogP contribution in [0.2, 0.25) is 5.02 Å². The summed E-state index contributed by atoms with van der Waals surface area (Å²) in [5.74, 6) is 1.28. The van der Waals surface area contributed by atoms with Gasteiger partial charge in [0.2, 0.25) is 0 Å². The monoisotopic (exact) mass is 416 g/mol. The van der Waals surface area contributed by atoms with Crippen LogP contribution in [-0.2, 0) is 6.61 Å². The number of methoxy groups -OCH3 is 1. The Labute approximate surface area is 172 Å². The molecule has 0 atom stereocenters. The van der Waals surface area contributed by atoms with E-state index >= 15 is 0 Å². The molecule has 28 heavy (non-hydrogen) atoms. The molecule has 0 unspecified atom stereocenters. The van der Waals surface area contributed by atoms with Crippen molar-refractivity contribution in [3.63, 3.8) is 0 Å². The highest BCUT2D eigenvalue weighted by molar-refractivity contribution is 7.80. The number of aliphatic hydroxyl groups excluding tert-OH is 1. The van der Waals surface area contributed by atoms with Gasteiger partial charge in [-0.05, 0) is 66.8 Å². The van der Waals surface area contributed by atoms with E-state index < -0.39 is 0 Å². The van der Waals surface area contributed by atoms with Crippen LogP contribution in [0.3, 0.4) is 0 Å². The number of hydrogen-bond donors (Lipinski definition) is 3. The maximum atomic E-state index is 12.3. The van der Waals surface area contributed by atoms with Crippen molar-refractivity contribution in [1.82, 2.24) is 5.32 Å². The average molecular weight is 417 g/mol. The molecule has 3 rings (SSSR count). The molecule has 0 fully saturated rings. The topological polar surface area (TPSA) is 83.7 Å². The number of amides is 1. The predicted molar refractivity (Wildman–Crippen MR) is 112 cm³/mol. The van der Waals surface area contributed by atoms with E-state index in [1.807, 2.05) is 0 Å². The molecule has 2 aromatic carbocycles. The standard InChI is InChI=1S/C20H17ClN2O4S/c1-26-14-5-2-12(3-6-14)19(25)23-20(28)22-13-4-8-17(21)16(10-13)18-9-7-15(11-24)27-18/h2-10,24H,11H2,1H3,(H2,22,23,25,28). The average Bonchev–Trinajstić information content (AvgIpc) is 3.18. The van der Waals surface area contributed by atoms with Crippen LogP contribution in [0.25, 0.3) is 11.3 Å². The summed E-state index contributed by atoms with van der Waals surface area (Å²) >= 11 is 11.5. The van der Waals surface area contributed by atoms with E-state index in [-0.39, 0.29) is 17.6 Å². The van der Waals surface area contributed by atoms with Crippen LogP contribution in [0.15, 0.2) is 59.0 Å². The highest BCUT2D eigenvalue weighted by Gasteiger charge is 2.12. The van der Waals surface area contributed by atoms with E-state index in [9.17, 15) is 4.79 Å². The van der Waals surface area contributed by atoms with Crippen molar-refractivity contribution in [2.24, 2.45) is 0 Å². The SMILES string of the molecule is COc1ccc(C(=O)NC(=S)Nc2ccc(Cl)c(-c3ccc(CO)o3)c2)cc1. The van der Waals surface area contributed by atoms with Gasteiger partial charge in [0.1, 0.15) is 23.9 Å². The quantitative estimate of drug-likeness (QED) is 0.540. The number of carbonyl (C=O) groups is 1. The van der Waals surface area contributed by atoms with Gasteiger partial charge in [0.15, 0.2) is 5.11 Å². The third-order valence-electron chi connectivity index (χ3n) is 3.89. The second kappa shape index (κ2) is 8.88. The maximum absolute atomic E-state index is 12.3. The number of halogens is 1. The van der Waals surface area contributed by atoms with E-state index in [0.29, 0.717) is 39.1 Å². The first-order valence-corrected chi connectivity index (χ1v) is 9.04. The first-order valence-electron chi connectivity index (χ1n) is 8.26. The van der Waals surface area contributed by atoms with Crippen molar-refractivity contribution in [2.75, 3.05) is 12.4 Å². The minimum absolute atomic E-state index is 0.143. The molecular formula is C20H17ClN2O4S. The van der Waals surface area contributed by atoms with Gasteiger partial charge in [-0.15, -0.1) is 0 Å². The van der Waals surface area contributed by atoms with Crippen molar-refractivity contribution in [3.05, 3.63) is 70.9 Å². The van der Waals surface area contributed by atoms with Gasteiger partial charge in [-0.3, -0.25) is 10.1 Å². The lowest BCUT2D eigenvalue weighted by Crippen LogP contribution is -2.34. The molecule has 0 aliphatic carbocycles. The van der Waals surface area contributed by atoms with Crippen LogP contribution >= 0.6 is 23.8 Å². The number of anilines is 1. The molecule has 0 saturated carbocycles. The maximum Gasteiger partial charge on any atom is 0.257 e. The Kier molecular flexibility index (Phi) is 6.30. The molecule has 3 aromatic rings. The normalized spacial score (nSPS) is 10.4. The van der Waals surface area contributed by atoms with Crippen molar-refractivity contribution < 1.29 is 19.1 Å². The van der Waals surface area contributed by atoms with Gasteiger partial charge >= 0.3 is 0 Å². The fourth-order valence-corrected chi connectivity index (χ4v) is 2.90. The number of carbonyl (C=O) groups excluding carboxylic acids is 1. The van der Waals surface area contributed by atoms with Crippen LogP contribution in [-0.4, -0.2) is 23.2 Å². The van der Waals surface area contributed by atoms with Gasteiger partial charge in [-0.2, -0.15) is 0 Å². The summed E-state index contributed by atoms with van der Waals surface area (Å²) in [6, 6.07) is 15.2. The fraction of sp³-hybridized carbons (Fsp3) is 0.100. The predicted octanol–water partition coefficient (Wildman–Crippen LogP) is 4.23. The Morgan fingerprint density at radius 3 is 2.57 bits per heavy atom. The third-order valence-corrected chi connectivity index (χ3v) is 4.42. The van der Waals surface area contributed by atoms with Gasteiger partial charge in [-0.25, -0.2) is 0 Å². The Bertz CT molecular complexity index is 1000. The number of ether oxygens (including phenoxy) is 1. The molecule has 0 saturated heterocycles. The Morgan fingerprint density at radius 1 is 1.18 bits per heavy atom. The van der Waals surface area contributed by atoms with E-state index in [1.54, 1.807) is 61.7 Å². The highest BCUT2D eigenvalue weighted by atomic mass is 35.5. The van der Waals surface area contributed by atoms with Crippen LogP contribution in [0, 0.1) is 0 Å². The van der Waals surface area contributed by atoms with Crippen molar-refractivity contribution in [1.29, 1.82) is 0 Å². The van der Waals surface area contributed by atoms with Crippen molar-refractivity contribution in [3.8, 4) is 17.1 Å². The van der Waals surface area contributed by atoms with Gasteiger partial charge in [0.25, 0.3) is 5.91 Å². The number of benzene rings is 2. The highest BCUT2D eigenvalue weighted by Crippen LogP contribution is 2.32. The minimum atomic E-state index is -0.340. The molecule has 3 N–H and O–H groups in total. The largest absolute Gasteiger partial charge is 0.497 e. The molecule has 6 nitrogen and oxygen atoms in total. The summed E-state index contributed by atoms with van der Waals surface area (Å²) in [5.41, 5.74) is 1.71. The molecule has 1 aromatic heterocycles. The zero-order chi connectivity index (χ0) is 20.1. The zero-order valence-electron chi connectivity index (χ0n) is 14.9. The first-order chi connectivity index (χ1) is 13.5. The Balaban J connectivity index is 1.69. The van der Waals surface area contributed by atoms with Crippen molar-refractivity contribution >= 4 is 40.5 Å². The smallest absolute Gasteiger partial charge is 0.257 e. The number of thiocarbonyl (C=S) groups is 1. The number of rotatable bonds is 5. The number of nitrogens with one attached hydrogen (secondary N) is 2. The molecule has 8 heteroatoms. The molecule has 144 valence electrons. The van der Waals surface area contributed by atoms with Gasteiger partial charge in [-0.1, -0.05) is 11.6 Å². The lowest BCUT2D eigenvalue weighted by atomic mass is 10.1. The molecule has 1 amide bonds. The van der Waals surface area contributed by atoms with Crippen LogP contribution < -0.4 is 15.4 Å². The summed E-state index contributed by atoms with van der Waals surface area (Å²) in [5, 5.41) is 15.3. The summed E-state index contributed by atoms with van der Waals surface area (Å²) in [7, 11) is 1.56. The van der Waals surface area contributed by atoms with E-state index in [4.69, 9.17) is 38.1 Å². The van der Waals surface area contributed by atoms with E-state index in [2.05, 4.69) is 10.6 Å². The second-order valence-corrected chi connectivity index (χ2v) is 6.57. The Hall–Kier alpha value is -2.87. The van der Waals surface area contributed by atoms with Crippen LogP contribution in [0.4, 0.5) is 5.69 Å². The van der Waals surface area contributed by atoms with Crippen LogP contribution in [0.5, 0.6) is 5.75 Å². The molecule has 0 spiro atoms. The van der Waals surface area contributed by atoms with Crippen LogP contribution in [0.1, 0.15) is 16.1 Å². The number of furan rings is 1. The fourth-order valence-electron chi connectivity index (χ4n) is 2.48. The summed E-state index contributed by atoms with van der Waals surface area (Å²) in [6.07, 6.45) is 0. The second-order valence-electron chi connectivity index (χ2n) is 5.76. The lowest BCUT2D eigenvalue weighted by Gasteiger charge is -2.11. The summed E-state index contributed by atoms with van der Waals surface area (Å²) in [4.78, 5) is 12.3. The molecular weight excluding hydrogens is 400 g/mol. The lowest BCUT2D eigenvalue weighted by molar-refractivity contribution is 0.0977. The first kappa shape index (κ1) is 19.9. The summed E-state index contributed by atoms with van der Waals surface area (Å²) < 4.78 is 10.6. The van der Waals surface area contributed by atoms with Gasteiger partial charge in [0, 0.05) is 16.8 Å². The number of hydrogen-bond acceptors (Lipinski definition) is 5. The van der Waals surface area contributed by atoms with Gasteiger partial charge in [0.05, 0.1) is 12.1 Å². The molecule has 0 aliphatic heterocycles. The molecule has 0 radical (unpaired) electrons. The third kappa shape index (κ3) is 4.69. The van der Waals surface area contributed by atoms with E-state index in [1.165, 1.54) is 0 Å². The Morgan fingerprint density at radius 2 is 1.93 bits per heavy atom. The molecule has 0 bridgehead atoms. The molecule has 0 aliphatic rings. The van der Waals surface area contributed by atoms with Crippen molar-refractivity contribution in [2.45, 2.75) is 6.61 Å². The minimum Gasteiger partial charge on any atom is -0.497 e. The number of aliphatic hydroxyl groups is 1. The summed E-state index contributed by atoms with van der Waals surface area (Å²) in [6.45, 7) is -0.197. The van der Waals surface area contributed by atoms with Gasteiger partial charge < -0.3 is 19.6 Å². The van der Waals surface area contributed by atoms with E-state index in [0.717, 1.165) is 0 Å². The molecule has 1 heterocycles.